The summed E-state index contributed by atoms with van der Waals surface area (Å²) in [6, 6.07) is 9.75. The molecule has 1 aliphatic rings. The maximum absolute atomic E-state index is 13.4. The molecule has 0 saturated carbocycles. The van der Waals surface area contributed by atoms with E-state index in [9.17, 15) is 17.2 Å². The van der Waals surface area contributed by atoms with E-state index in [0.29, 0.717) is 12.5 Å². The molecule has 0 heterocycles. The first-order chi connectivity index (χ1) is 10.9. The van der Waals surface area contributed by atoms with Crippen LogP contribution in [0.25, 0.3) is 0 Å². The second-order valence-electron chi connectivity index (χ2n) is 5.73. The van der Waals surface area contributed by atoms with Gasteiger partial charge in [0.05, 0.1) is 4.90 Å². The first-order valence-corrected chi connectivity index (χ1v) is 8.85. The molecule has 1 aliphatic carbocycles. The summed E-state index contributed by atoms with van der Waals surface area (Å²) in [5.41, 5.74) is 2.08. The maximum Gasteiger partial charge on any atom is 0.243 e. The number of fused-ring (bicyclic) bond motifs is 1. The third-order valence-corrected chi connectivity index (χ3v) is 6.13. The molecule has 3 nitrogen and oxygen atoms in total. The van der Waals surface area contributed by atoms with E-state index >= 15 is 0 Å². The van der Waals surface area contributed by atoms with Crippen LogP contribution in [0.15, 0.2) is 47.4 Å². The van der Waals surface area contributed by atoms with Crippen LogP contribution in [0.5, 0.6) is 0 Å². The standard InChI is InChI=1S/C17H17F2NO2S/c1-20(17-8-4-6-12-5-2-3-7-16(12)17)23(21,22)15-10-13(18)9-14(19)11-15/h2-3,5,7,9-11,17H,4,6,8H2,1H3. The molecule has 0 amide bonds. The molecule has 0 radical (unpaired) electrons. The van der Waals surface area contributed by atoms with Crippen molar-refractivity contribution in [2.75, 3.05) is 7.05 Å². The Labute approximate surface area is 134 Å². The van der Waals surface area contributed by atoms with Gasteiger partial charge in [0.25, 0.3) is 0 Å². The summed E-state index contributed by atoms with van der Waals surface area (Å²) in [5, 5.41) is 0. The molecule has 0 aliphatic heterocycles. The Kier molecular flexibility index (Phi) is 4.21. The van der Waals surface area contributed by atoms with Crippen molar-refractivity contribution in [3.8, 4) is 0 Å². The summed E-state index contributed by atoms with van der Waals surface area (Å²) < 4.78 is 53.5. The van der Waals surface area contributed by atoms with Crippen LogP contribution < -0.4 is 0 Å². The molecule has 3 rings (SSSR count). The zero-order valence-electron chi connectivity index (χ0n) is 12.7. The van der Waals surface area contributed by atoms with Crippen molar-refractivity contribution < 1.29 is 17.2 Å². The fourth-order valence-corrected chi connectivity index (χ4v) is 4.53. The van der Waals surface area contributed by atoms with Gasteiger partial charge < -0.3 is 0 Å². The Morgan fingerprint density at radius 2 is 1.74 bits per heavy atom. The minimum atomic E-state index is -3.97. The van der Waals surface area contributed by atoms with Crippen LogP contribution >= 0.6 is 0 Å². The van der Waals surface area contributed by atoms with Gasteiger partial charge in [-0.2, -0.15) is 4.31 Å². The van der Waals surface area contributed by atoms with E-state index in [-0.39, 0.29) is 10.9 Å². The van der Waals surface area contributed by atoms with Crippen LogP contribution in [-0.4, -0.2) is 19.8 Å². The van der Waals surface area contributed by atoms with Crippen LogP contribution in [0.4, 0.5) is 8.78 Å². The van der Waals surface area contributed by atoms with Crippen molar-refractivity contribution in [1.82, 2.24) is 4.31 Å². The Balaban J connectivity index is 2.01. The van der Waals surface area contributed by atoms with Gasteiger partial charge in [-0.15, -0.1) is 0 Å². The van der Waals surface area contributed by atoms with Gasteiger partial charge in [-0.25, -0.2) is 17.2 Å². The highest BCUT2D eigenvalue weighted by Gasteiger charge is 2.32. The van der Waals surface area contributed by atoms with E-state index in [2.05, 4.69) is 0 Å². The molecule has 0 bridgehead atoms. The number of nitrogens with zero attached hydrogens (tertiary/aromatic N) is 1. The third kappa shape index (κ3) is 3.01. The maximum atomic E-state index is 13.4. The van der Waals surface area contributed by atoms with E-state index in [1.807, 2.05) is 24.3 Å². The van der Waals surface area contributed by atoms with Crippen molar-refractivity contribution in [1.29, 1.82) is 0 Å². The fourth-order valence-electron chi connectivity index (χ4n) is 3.12. The number of hydrogen-bond acceptors (Lipinski definition) is 2. The van der Waals surface area contributed by atoms with Crippen molar-refractivity contribution in [3.05, 3.63) is 65.2 Å². The van der Waals surface area contributed by atoms with Crippen LogP contribution in [0.3, 0.4) is 0 Å². The zero-order valence-corrected chi connectivity index (χ0v) is 13.5. The molecule has 23 heavy (non-hydrogen) atoms. The molecule has 2 aromatic rings. The van der Waals surface area contributed by atoms with E-state index in [4.69, 9.17) is 0 Å². The summed E-state index contributed by atoms with van der Waals surface area (Å²) in [7, 11) is -2.51. The zero-order chi connectivity index (χ0) is 16.6. The summed E-state index contributed by atoms with van der Waals surface area (Å²) in [4.78, 5) is -0.361. The van der Waals surface area contributed by atoms with Gasteiger partial charge in [0.2, 0.25) is 10.0 Å². The van der Waals surface area contributed by atoms with Gasteiger partial charge in [0.15, 0.2) is 0 Å². The first-order valence-electron chi connectivity index (χ1n) is 7.41. The highest BCUT2D eigenvalue weighted by Crippen LogP contribution is 2.36. The van der Waals surface area contributed by atoms with E-state index < -0.39 is 21.7 Å². The van der Waals surface area contributed by atoms with Crippen molar-refractivity contribution >= 4 is 10.0 Å². The molecular weight excluding hydrogens is 320 g/mol. The highest BCUT2D eigenvalue weighted by molar-refractivity contribution is 7.89. The second-order valence-corrected chi connectivity index (χ2v) is 7.73. The topological polar surface area (TPSA) is 37.4 Å². The van der Waals surface area contributed by atoms with Crippen LogP contribution in [0.2, 0.25) is 0 Å². The summed E-state index contributed by atoms with van der Waals surface area (Å²) in [5.74, 6) is -1.80. The average Bonchev–Trinajstić information content (AvgIpc) is 2.52. The summed E-state index contributed by atoms with van der Waals surface area (Å²) in [6.45, 7) is 0. The monoisotopic (exact) mass is 337 g/mol. The summed E-state index contributed by atoms with van der Waals surface area (Å²) >= 11 is 0. The second kappa shape index (κ2) is 6.02. The van der Waals surface area contributed by atoms with Gasteiger partial charge in [-0.1, -0.05) is 24.3 Å². The largest absolute Gasteiger partial charge is 0.243 e. The predicted molar refractivity (Wildman–Crippen MR) is 83.4 cm³/mol. The predicted octanol–water partition coefficient (Wildman–Crippen LogP) is 3.66. The molecule has 6 heteroatoms. The van der Waals surface area contributed by atoms with Crippen LogP contribution in [0, 0.1) is 11.6 Å². The lowest BCUT2D eigenvalue weighted by atomic mass is 9.88. The molecule has 122 valence electrons. The van der Waals surface area contributed by atoms with Crippen LogP contribution in [0.1, 0.15) is 30.0 Å². The van der Waals surface area contributed by atoms with Gasteiger partial charge in [0.1, 0.15) is 11.6 Å². The molecule has 0 fully saturated rings. The molecule has 0 spiro atoms. The Morgan fingerprint density at radius 1 is 1.09 bits per heavy atom. The Morgan fingerprint density at radius 3 is 2.43 bits per heavy atom. The molecular formula is C17H17F2NO2S. The van der Waals surface area contributed by atoms with E-state index in [1.54, 1.807) is 0 Å². The number of sulfonamides is 1. The first kappa shape index (κ1) is 16.1. The molecule has 0 saturated heterocycles. The van der Waals surface area contributed by atoms with E-state index in [1.165, 1.54) is 11.4 Å². The van der Waals surface area contributed by atoms with Crippen molar-refractivity contribution in [3.63, 3.8) is 0 Å². The van der Waals surface area contributed by atoms with E-state index in [0.717, 1.165) is 36.1 Å². The number of benzene rings is 2. The fraction of sp³-hybridized carbons (Fsp3) is 0.294. The molecule has 0 aromatic heterocycles. The number of rotatable bonds is 3. The minimum Gasteiger partial charge on any atom is -0.207 e. The smallest absolute Gasteiger partial charge is 0.207 e. The third-order valence-electron chi connectivity index (χ3n) is 4.29. The average molecular weight is 337 g/mol. The molecule has 1 unspecified atom stereocenters. The van der Waals surface area contributed by atoms with Gasteiger partial charge in [-0.3, -0.25) is 0 Å². The lowest BCUT2D eigenvalue weighted by Gasteiger charge is -2.32. The van der Waals surface area contributed by atoms with Crippen LogP contribution in [-0.2, 0) is 16.4 Å². The van der Waals surface area contributed by atoms with Gasteiger partial charge in [0, 0.05) is 19.2 Å². The van der Waals surface area contributed by atoms with Gasteiger partial charge >= 0.3 is 0 Å². The SMILES string of the molecule is CN(C1CCCc2ccccc21)S(=O)(=O)c1cc(F)cc(F)c1. The quantitative estimate of drug-likeness (QED) is 0.857. The lowest BCUT2D eigenvalue weighted by Crippen LogP contribution is -2.33. The van der Waals surface area contributed by atoms with Crippen molar-refractivity contribution in [2.45, 2.75) is 30.2 Å². The lowest BCUT2D eigenvalue weighted by molar-refractivity contribution is 0.337. The highest BCUT2D eigenvalue weighted by atomic mass is 32.2. The van der Waals surface area contributed by atoms with Gasteiger partial charge in [-0.05, 0) is 42.5 Å². The number of hydrogen-bond donors (Lipinski definition) is 0. The molecule has 1 atom stereocenters. The Bertz CT molecular complexity index is 816. The normalized spacial score (nSPS) is 18.0. The number of halogens is 2. The minimum absolute atomic E-state index is 0.323. The Hall–Kier alpha value is -1.79. The summed E-state index contributed by atoms with van der Waals surface area (Å²) in [6.07, 6.45) is 2.47. The number of aryl methyl sites for hydroxylation is 1. The molecule has 2 aromatic carbocycles. The van der Waals surface area contributed by atoms with Crippen molar-refractivity contribution in [2.24, 2.45) is 0 Å². The molecule has 0 N–H and O–H groups in total.